The number of anilines is 2. The van der Waals surface area contributed by atoms with Gasteiger partial charge in [0.15, 0.2) is 0 Å². The minimum absolute atomic E-state index is 0.0193. The zero-order chi connectivity index (χ0) is 18.9. The normalized spacial score (nSPS) is 16.5. The first-order chi connectivity index (χ1) is 13.8. The molecule has 3 aromatic rings. The number of benzene rings is 2. The number of aromatic nitrogens is 1. The van der Waals surface area contributed by atoms with Gasteiger partial charge in [0.05, 0.1) is 11.6 Å². The van der Waals surface area contributed by atoms with Crippen LogP contribution >= 0.6 is 0 Å². The van der Waals surface area contributed by atoms with Crippen molar-refractivity contribution >= 4 is 17.4 Å². The number of nitrogens with one attached hydrogen (secondary N) is 1. The first-order valence-corrected chi connectivity index (χ1v) is 9.97. The molecule has 1 aliphatic heterocycles. The van der Waals surface area contributed by atoms with Crippen LogP contribution in [0.3, 0.4) is 0 Å². The third-order valence-electron chi connectivity index (χ3n) is 5.70. The van der Waals surface area contributed by atoms with Gasteiger partial charge in [-0.1, -0.05) is 48.5 Å². The fraction of sp³-hybridized carbons (Fsp3) is 0.250. The standard InChI is InChI=1S/C24H23N3O/c28-24(27-15-14-17-6-4-5-9-21(17)27)20-12-13-22(25-16-20)26-23(19-10-11-19)18-7-2-1-3-8-18/h1-9,12-13,16,19,23H,10-11,14-15H2,(H,25,26). The second-order valence-electron chi connectivity index (χ2n) is 7.64. The van der Waals surface area contributed by atoms with Crippen molar-refractivity contribution in [2.45, 2.75) is 25.3 Å². The monoisotopic (exact) mass is 369 g/mol. The van der Waals surface area contributed by atoms with Crippen LogP contribution in [0.15, 0.2) is 72.9 Å². The highest BCUT2D eigenvalue weighted by Crippen LogP contribution is 2.42. The van der Waals surface area contributed by atoms with E-state index in [4.69, 9.17) is 0 Å². The summed E-state index contributed by atoms with van der Waals surface area (Å²) in [4.78, 5) is 19.3. The van der Waals surface area contributed by atoms with E-state index in [0.29, 0.717) is 11.5 Å². The molecule has 0 saturated heterocycles. The highest BCUT2D eigenvalue weighted by atomic mass is 16.2. The largest absolute Gasteiger partial charge is 0.363 e. The van der Waals surface area contributed by atoms with Gasteiger partial charge in [-0.25, -0.2) is 4.98 Å². The fourth-order valence-corrected chi connectivity index (χ4v) is 4.03. The molecule has 28 heavy (non-hydrogen) atoms. The number of carbonyl (C=O) groups is 1. The van der Waals surface area contributed by atoms with Crippen LogP contribution in [0.25, 0.3) is 0 Å². The van der Waals surface area contributed by atoms with E-state index < -0.39 is 0 Å². The van der Waals surface area contributed by atoms with Crippen LogP contribution < -0.4 is 10.2 Å². The Morgan fingerprint density at radius 3 is 2.54 bits per heavy atom. The Morgan fingerprint density at radius 2 is 1.79 bits per heavy atom. The summed E-state index contributed by atoms with van der Waals surface area (Å²) in [5, 5.41) is 3.57. The summed E-state index contributed by atoms with van der Waals surface area (Å²) in [5.41, 5.74) is 4.18. The number of pyridine rings is 1. The lowest BCUT2D eigenvalue weighted by Crippen LogP contribution is -2.29. The predicted octanol–water partition coefficient (Wildman–Crippen LogP) is 4.85. The molecule has 1 aromatic heterocycles. The SMILES string of the molecule is O=C(c1ccc(NC(c2ccccc2)C2CC2)nc1)N1CCc2ccccc21. The average Bonchev–Trinajstić information content (AvgIpc) is 3.51. The summed E-state index contributed by atoms with van der Waals surface area (Å²) < 4.78 is 0. The summed E-state index contributed by atoms with van der Waals surface area (Å²) >= 11 is 0. The number of amides is 1. The van der Waals surface area contributed by atoms with Crippen molar-refractivity contribution in [2.24, 2.45) is 5.92 Å². The quantitative estimate of drug-likeness (QED) is 0.699. The zero-order valence-electron chi connectivity index (χ0n) is 15.7. The van der Waals surface area contributed by atoms with Crippen LogP contribution in [0, 0.1) is 5.92 Å². The van der Waals surface area contributed by atoms with Crippen molar-refractivity contribution in [3.63, 3.8) is 0 Å². The molecule has 0 bridgehead atoms. The van der Waals surface area contributed by atoms with E-state index in [1.54, 1.807) is 6.20 Å². The van der Waals surface area contributed by atoms with E-state index in [1.807, 2.05) is 41.3 Å². The van der Waals surface area contributed by atoms with Gasteiger partial charge in [-0.05, 0) is 54.5 Å². The van der Waals surface area contributed by atoms with E-state index >= 15 is 0 Å². The third kappa shape index (κ3) is 3.26. The zero-order valence-corrected chi connectivity index (χ0v) is 15.7. The number of hydrogen-bond donors (Lipinski definition) is 1. The van der Waals surface area contributed by atoms with Gasteiger partial charge in [0.2, 0.25) is 0 Å². The number of para-hydroxylation sites is 1. The van der Waals surface area contributed by atoms with Gasteiger partial charge in [0.25, 0.3) is 5.91 Å². The number of rotatable bonds is 5. The van der Waals surface area contributed by atoms with E-state index in [-0.39, 0.29) is 11.9 Å². The molecule has 2 aliphatic rings. The van der Waals surface area contributed by atoms with Gasteiger partial charge in [0.1, 0.15) is 5.82 Å². The van der Waals surface area contributed by atoms with Crippen molar-refractivity contribution < 1.29 is 4.79 Å². The first kappa shape index (κ1) is 17.0. The molecular weight excluding hydrogens is 346 g/mol. The number of fused-ring (bicyclic) bond motifs is 1. The van der Waals surface area contributed by atoms with Crippen LogP contribution in [0.1, 0.15) is 40.4 Å². The van der Waals surface area contributed by atoms with E-state index in [2.05, 4.69) is 40.6 Å². The molecule has 0 radical (unpaired) electrons. The van der Waals surface area contributed by atoms with Crippen LogP contribution in [0.5, 0.6) is 0 Å². The summed E-state index contributed by atoms with van der Waals surface area (Å²) in [6.45, 7) is 0.732. The van der Waals surface area contributed by atoms with Crippen LogP contribution in [0.2, 0.25) is 0 Å². The molecule has 5 rings (SSSR count). The molecular formula is C24H23N3O. The minimum Gasteiger partial charge on any atom is -0.363 e. The fourth-order valence-electron chi connectivity index (χ4n) is 4.03. The van der Waals surface area contributed by atoms with Gasteiger partial charge in [-0.2, -0.15) is 0 Å². The summed E-state index contributed by atoms with van der Waals surface area (Å²) in [6, 6.07) is 22.7. The molecule has 1 saturated carbocycles. The van der Waals surface area contributed by atoms with Crippen molar-refractivity contribution in [1.29, 1.82) is 0 Å². The van der Waals surface area contributed by atoms with Crippen LogP contribution in [0.4, 0.5) is 11.5 Å². The Labute approximate surface area is 165 Å². The molecule has 4 heteroatoms. The highest BCUT2D eigenvalue weighted by Gasteiger charge is 2.32. The predicted molar refractivity (Wildman–Crippen MR) is 112 cm³/mol. The summed E-state index contributed by atoms with van der Waals surface area (Å²) in [5.74, 6) is 1.50. The Hall–Kier alpha value is -3.14. The molecule has 1 unspecified atom stereocenters. The van der Waals surface area contributed by atoms with Crippen LogP contribution in [-0.2, 0) is 6.42 Å². The lowest BCUT2D eigenvalue weighted by molar-refractivity contribution is 0.0989. The Morgan fingerprint density at radius 1 is 1.00 bits per heavy atom. The topological polar surface area (TPSA) is 45.2 Å². The second-order valence-corrected chi connectivity index (χ2v) is 7.64. The van der Waals surface area contributed by atoms with E-state index in [1.165, 1.54) is 24.0 Å². The maximum Gasteiger partial charge on any atom is 0.259 e. The molecule has 1 aliphatic carbocycles. The molecule has 2 aromatic carbocycles. The number of nitrogens with zero attached hydrogens (tertiary/aromatic N) is 2. The summed E-state index contributed by atoms with van der Waals surface area (Å²) in [6.07, 6.45) is 5.10. The molecule has 140 valence electrons. The minimum atomic E-state index is 0.0193. The highest BCUT2D eigenvalue weighted by molar-refractivity contribution is 6.07. The van der Waals surface area contributed by atoms with Gasteiger partial charge in [-0.15, -0.1) is 0 Å². The maximum atomic E-state index is 12.9. The number of hydrogen-bond acceptors (Lipinski definition) is 3. The molecule has 1 fully saturated rings. The molecule has 4 nitrogen and oxygen atoms in total. The molecule has 1 amide bonds. The Bertz CT molecular complexity index is 980. The van der Waals surface area contributed by atoms with Gasteiger partial charge in [-0.3, -0.25) is 4.79 Å². The average molecular weight is 369 g/mol. The van der Waals surface area contributed by atoms with Crippen molar-refractivity contribution in [3.8, 4) is 0 Å². The third-order valence-corrected chi connectivity index (χ3v) is 5.70. The Balaban J connectivity index is 1.33. The second kappa shape index (κ2) is 7.12. The van der Waals surface area contributed by atoms with E-state index in [9.17, 15) is 4.79 Å². The molecule has 2 heterocycles. The molecule has 0 spiro atoms. The maximum absolute atomic E-state index is 12.9. The first-order valence-electron chi connectivity index (χ1n) is 9.97. The van der Waals surface area contributed by atoms with Crippen molar-refractivity contribution in [2.75, 3.05) is 16.8 Å². The van der Waals surface area contributed by atoms with Gasteiger partial charge < -0.3 is 10.2 Å². The molecule has 1 atom stereocenters. The number of carbonyl (C=O) groups excluding carboxylic acids is 1. The smallest absolute Gasteiger partial charge is 0.259 e. The lowest BCUT2D eigenvalue weighted by atomic mass is 10.0. The van der Waals surface area contributed by atoms with Gasteiger partial charge in [0, 0.05) is 18.4 Å². The molecule has 1 N–H and O–H groups in total. The Kier molecular flexibility index (Phi) is 4.32. The van der Waals surface area contributed by atoms with E-state index in [0.717, 1.165) is 24.5 Å². The van der Waals surface area contributed by atoms with Crippen molar-refractivity contribution in [1.82, 2.24) is 4.98 Å². The van der Waals surface area contributed by atoms with Crippen molar-refractivity contribution in [3.05, 3.63) is 89.6 Å². The summed E-state index contributed by atoms with van der Waals surface area (Å²) in [7, 11) is 0. The van der Waals surface area contributed by atoms with Crippen LogP contribution in [-0.4, -0.2) is 17.4 Å². The lowest BCUT2D eigenvalue weighted by Gasteiger charge is -2.20. The van der Waals surface area contributed by atoms with Gasteiger partial charge >= 0.3 is 0 Å².